The lowest BCUT2D eigenvalue weighted by molar-refractivity contribution is 0.716. The Morgan fingerprint density at radius 3 is 2.65 bits per heavy atom. The van der Waals surface area contributed by atoms with Crippen molar-refractivity contribution in [1.82, 2.24) is 14.8 Å². The third-order valence-corrected chi connectivity index (χ3v) is 4.63. The zero-order valence-corrected chi connectivity index (χ0v) is 12.8. The Morgan fingerprint density at radius 2 is 1.95 bits per heavy atom. The fourth-order valence-electron chi connectivity index (χ4n) is 2.02. The average Bonchev–Trinajstić information content (AvgIpc) is 3.11. The summed E-state index contributed by atoms with van der Waals surface area (Å²) in [6.07, 6.45) is 0. The molecule has 0 aliphatic rings. The van der Waals surface area contributed by atoms with Crippen LogP contribution in [0.5, 0.6) is 0 Å². The Labute approximate surface area is 126 Å². The minimum absolute atomic E-state index is 0.809. The van der Waals surface area contributed by atoms with Crippen molar-refractivity contribution >= 4 is 23.1 Å². The summed E-state index contributed by atoms with van der Waals surface area (Å²) < 4.78 is 2.20. The predicted octanol–water partition coefficient (Wildman–Crippen LogP) is 4.17. The topological polar surface area (TPSA) is 30.7 Å². The van der Waals surface area contributed by atoms with Crippen LogP contribution in [0.2, 0.25) is 0 Å². The fourth-order valence-corrected chi connectivity index (χ4v) is 3.40. The van der Waals surface area contributed by atoms with Crippen molar-refractivity contribution in [2.75, 3.05) is 5.75 Å². The maximum Gasteiger partial charge on any atom is 0.191 e. The van der Waals surface area contributed by atoms with Gasteiger partial charge in [-0.25, -0.2) is 0 Å². The molecule has 2 heterocycles. The van der Waals surface area contributed by atoms with E-state index in [9.17, 15) is 0 Å². The third kappa shape index (κ3) is 2.78. The molecule has 3 aromatic rings. The average molecular weight is 301 g/mol. The van der Waals surface area contributed by atoms with Crippen LogP contribution in [-0.4, -0.2) is 20.5 Å². The Bertz CT molecular complexity index is 660. The van der Waals surface area contributed by atoms with Crippen molar-refractivity contribution in [2.24, 2.45) is 0 Å². The summed E-state index contributed by atoms with van der Waals surface area (Å²) >= 11 is 3.43. The molecule has 0 fully saturated rings. The molecule has 0 saturated carbocycles. The molecular weight excluding hydrogens is 286 g/mol. The van der Waals surface area contributed by atoms with Gasteiger partial charge < -0.3 is 0 Å². The summed E-state index contributed by atoms with van der Waals surface area (Å²) in [4.78, 5) is 1.16. The number of hydrogen-bond donors (Lipinski definition) is 0. The van der Waals surface area contributed by atoms with Crippen LogP contribution >= 0.6 is 23.1 Å². The van der Waals surface area contributed by atoms with Gasteiger partial charge in [0.15, 0.2) is 11.0 Å². The quantitative estimate of drug-likeness (QED) is 0.663. The molecule has 0 aliphatic carbocycles. The first-order valence-corrected chi connectivity index (χ1v) is 8.39. The largest absolute Gasteiger partial charge is 0.297 e. The van der Waals surface area contributed by atoms with Crippen LogP contribution in [0.15, 0.2) is 53.0 Å². The number of hydrogen-bond acceptors (Lipinski definition) is 4. The van der Waals surface area contributed by atoms with E-state index in [0.717, 1.165) is 28.2 Å². The molecular formula is C15H15N3S2. The molecule has 0 amide bonds. The highest BCUT2D eigenvalue weighted by molar-refractivity contribution is 7.99. The highest BCUT2D eigenvalue weighted by Crippen LogP contribution is 2.27. The number of aromatic nitrogens is 3. The van der Waals surface area contributed by atoms with Crippen LogP contribution in [0, 0.1) is 0 Å². The second kappa shape index (κ2) is 6.24. The second-order valence-electron chi connectivity index (χ2n) is 4.29. The molecule has 0 N–H and O–H groups in total. The summed E-state index contributed by atoms with van der Waals surface area (Å²) in [6, 6.07) is 14.6. The van der Waals surface area contributed by atoms with Gasteiger partial charge in [-0.05, 0) is 22.8 Å². The molecule has 3 nitrogen and oxygen atoms in total. The molecule has 3 rings (SSSR count). The maximum absolute atomic E-state index is 4.38. The molecule has 102 valence electrons. The molecule has 0 saturated heterocycles. The molecule has 1 aromatic carbocycles. The van der Waals surface area contributed by atoms with Crippen molar-refractivity contribution in [3.63, 3.8) is 0 Å². The zero-order chi connectivity index (χ0) is 13.8. The Balaban J connectivity index is 2.00. The van der Waals surface area contributed by atoms with Crippen LogP contribution in [0.4, 0.5) is 0 Å². The molecule has 0 radical (unpaired) electrons. The van der Waals surface area contributed by atoms with Crippen LogP contribution in [0.25, 0.3) is 10.7 Å². The Morgan fingerprint density at radius 1 is 1.10 bits per heavy atom. The van der Waals surface area contributed by atoms with Crippen LogP contribution < -0.4 is 0 Å². The van der Waals surface area contributed by atoms with Gasteiger partial charge in [0, 0.05) is 0 Å². The molecule has 5 heteroatoms. The zero-order valence-electron chi connectivity index (χ0n) is 11.2. The first kappa shape index (κ1) is 13.4. The lowest BCUT2D eigenvalue weighted by Gasteiger charge is -2.08. The lowest BCUT2D eigenvalue weighted by atomic mass is 10.2. The van der Waals surface area contributed by atoms with E-state index in [1.54, 1.807) is 23.1 Å². The SMILES string of the molecule is CCSc1nnc(-c2cccs2)n1Cc1ccccc1. The van der Waals surface area contributed by atoms with Gasteiger partial charge in [0.05, 0.1) is 11.4 Å². The van der Waals surface area contributed by atoms with Gasteiger partial charge in [0.25, 0.3) is 0 Å². The first-order chi connectivity index (χ1) is 9.88. The number of rotatable bonds is 5. The summed E-state index contributed by atoms with van der Waals surface area (Å²) in [5.74, 6) is 1.96. The van der Waals surface area contributed by atoms with Crippen molar-refractivity contribution in [2.45, 2.75) is 18.6 Å². The van der Waals surface area contributed by atoms with Crippen molar-refractivity contribution < 1.29 is 0 Å². The molecule has 0 bridgehead atoms. The highest BCUT2D eigenvalue weighted by atomic mass is 32.2. The van der Waals surface area contributed by atoms with E-state index in [1.165, 1.54) is 5.56 Å². The van der Waals surface area contributed by atoms with E-state index < -0.39 is 0 Å². The third-order valence-electron chi connectivity index (χ3n) is 2.92. The molecule has 20 heavy (non-hydrogen) atoms. The predicted molar refractivity (Wildman–Crippen MR) is 85.3 cm³/mol. The van der Waals surface area contributed by atoms with Gasteiger partial charge >= 0.3 is 0 Å². The molecule has 0 unspecified atom stereocenters. The fraction of sp³-hybridized carbons (Fsp3) is 0.200. The number of nitrogens with zero attached hydrogens (tertiary/aromatic N) is 3. The minimum atomic E-state index is 0.809. The smallest absolute Gasteiger partial charge is 0.191 e. The normalized spacial score (nSPS) is 10.8. The van der Waals surface area contributed by atoms with Crippen molar-refractivity contribution in [1.29, 1.82) is 0 Å². The van der Waals surface area contributed by atoms with Gasteiger partial charge in [-0.2, -0.15) is 0 Å². The van der Waals surface area contributed by atoms with Crippen LogP contribution in [-0.2, 0) is 6.54 Å². The summed E-state index contributed by atoms with van der Waals surface area (Å²) in [5.41, 5.74) is 1.27. The van der Waals surface area contributed by atoms with Crippen molar-refractivity contribution in [3.8, 4) is 10.7 Å². The molecule has 0 aliphatic heterocycles. The first-order valence-electron chi connectivity index (χ1n) is 6.52. The number of benzene rings is 1. The standard InChI is InChI=1S/C15H15N3S2/c1-2-19-15-17-16-14(13-9-6-10-20-13)18(15)11-12-7-4-3-5-8-12/h3-10H,2,11H2,1H3. The van der Waals surface area contributed by atoms with E-state index in [2.05, 4.69) is 57.4 Å². The Kier molecular flexibility index (Phi) is 4.18. The molecule has 2 aromatic heterocycles. The maximum atomic E-state index is 4.38. The number of thiophene rings is 1. The van der Waals surface area contributed by atoms with Gasteiger partial charge in [-0.15, -0.1) is 21.5 Å². The summed E-state index contributed by atoms with van der Waals surface area (Å²) in [6.45, 7) is 2.94. The molecule has 0 atom stereocenters. The molecule has 0 spiro atoms. The lowest BCUT2D eigenvalue weighted by Crippen LogP contribution is -2.03. The van der Waals surface area contributed by atoms with Crippen molar-refractivity contribution in [3.05, 3.63) is 53.4 Å². The van der Waals surface area contributed by atoms with Gasteiger partial charge in [0.2, 0.25) is 0 Å². The highest BCUT2D eigenvalue weighted by Gasteiger charge is 2.14. The van der Waals surface area contributed by atoms with E-state index in [-0.39, 0.29) is 0 Å². The second-order valence-corrected chi connectivity index (χ2v) is 6.47. The van der Waals surface area contributed by atoms with Gasteiger partial charge in [0.1, 0.15) is 0 Å². The van der Waals surface area contributed by atoms with E-state index in [0.29, 0.717) is 0 Å². The summed E-state index contributed by atoms with van der Waals surface area (Å²) in [5, 5.41) is 11.8. The van der Waals surface area contributed by atoms with E-state index >= 15 is 0 Å². The van der Waals surface area contributed by atoms with E-state index in [4.69, 9.17) is 0 Å². The van der Waals surface area contributed by atoms with E-state index in [1.807, 2.05) is 12.1 Å². The number of thioether (sulfide) groups is 1. The Hall–Kier alpha value is -1.59. The minimum Gasteiger partial charge on any atom is -0.297 e. The van der Waals surface area contributed by atoms with Gasteiger partial charge in [-0.1, -0.05) is 55.1 Å². The van der Waals surface area contributed by atoms with Crippen LogP contribution in [0.1, 0.15) is 12.5 Å². The van der Waals surface area contributed by atoms with Crippen LogP contribution in [0.3, 0.4) is 0 Å². The summed E-state index contributed by atoms with van der Waals surface area (Å²) in [7, 11) is 0. The van der Waals surface area contributed by atoms with Gasteiger partial charge in [-0.3, -0.25) is 4.57 Å². The monoisotopic (exact) mass is 301 g/mol.